The minimum atomic E-state index is -5.65. The quantitative estimate of drug-likeness (QED) is 0.697. The summed E-state index contributed by atoms with van der Waals surface area (Å²) in [5.74, 6) is -7.27. The second-order valence-corrected chi connectivity index (χ2v) is 4.76. The standard InChI is InChI=1S/C13H7F9N2/c14-10-8(13(20,21)22)9(11(15,16)6-12(17,18)19)23-24(10)7-4-2-1-3-5-7/h1-5H,6H2. The van der Waals surface area contributed by atoms with E-state index in [0.29, 0.717) is 0 Å². The van der Waals surface area contributed by atoms with Crippen LogP contribution in [0.3, 0.4) is 0 Å². The average Bonchev–Trinajstić information content (AvgIpc) is 2.75. The zero-order valence-electron chi connectivity index (χ0n) is 11.4. The molecular formula is C13H7F9N2. The van der Waals surface area contributed by atoms with Gasteiger partial charge >= 0.3 is 18.3 Å². The number of nitrogens with zero attached hydrogens (tertiary/aromatic N) is 2. The molecule has 0 saturated carbocycles. The first-order chi connectivity index (χ1) is 10.8. The molecule has 1 aromatic heterocycles. The van der Waals surface area contributed by atoms with Gasteiger partial charge in [-0.25, -0.2) is 4.68 Å². The Balaban J connectivity index is 2.67. The largest absolute Gasteiger partial charge is 0.422 e. The van der Waals surface area contributed by atoms with E-state index in [1.54, 1.807) is 0 Å². The lowest BCUT2D eigenvalue weighted by atomic mass is 10.1. The van der Waals surface area contributed by atoms with E-state index in [1.165, 1.54) is 18.2 Å². The van der Waals surface area contributed by atoms with Crippen molar-refractivity contribution in [2.75, 3.05) is 0 Å². The molecule has 1 aromatic carbocycles. The minimum absolute atomic E-state index is 0.109. The number of rotatable bonds is 3. The van der Waals surface area contributed by atoms with Gasteiger partial charge in [0.05, 0.1) is 5.69 Å². The third-order valence-electron chi connectivity index (χ3n) is 2.88. The number of benzene rings is 1. The Bertz CT molecular complexity index is 714. The second-order valence-electron chi connectivity index (χ2n) is 4.76. The summed E-state index contributed by atoms with van der Waals surface area (Å²) in [6, 6.07) is 6.05. The van der Waals surface area contributed by atoms with E-state index in [9.17, 15) is 39.5 Å². The summed E-state index contributed by atoms with van der Waals surface area (Å²) in [5, 5.41) is 2.77. The van der Waals surface area contributed by atoms with Gasteiger partial charge < -0.3 is 0 Å². The van der Waals surface area contributed by atoms with E-state index in [2.05, 4.69) is 5.10 Å². The maximum Gasteiger partial charge on any atom is 0.422 e. The Morgan fingerprint density at radius 2 is 1.42 bits per heavy atom. The molecule has 0 radical (unpaired) electrons. The predicted octanol–water partition coefficient (Wildman–Crippen LogP) is 5.07. The van der Waals surface area contributed by atoms with Gasteiger partial charge in [0.15, 0.2) is 0 Å². The molecule has 1 heterocycles. The molecule has 2 rings (SSSR count). The maximum atomic E-state index is 14.0. The van der Waals surface area contributed by atoms with Crippen LogP contribution in [0.2, 0.25) is 0 Å². The van der Waals surface area contributed by atoms with Crippen LogP contribution in [0.1, 0.15) is 17.7 Å². The lowest BCUT2D eigenvalue weighted by Gasteiger charge is -2.18. The molecule has 0 bridgehead atoms. The maximum absolute atomic E-state index is 14.0. The molecular weight excluding hydrogens is 355 g/mol. The molecule has 11 heteroatoms. The Hall–Kier alpha value is -2.20. The molecule has 0 spiro atoms. The summed E-state index contributed by atoms with van der Waals surface area (Å²) < 4.78 is 117. The average molecular weight is 362 g/mol. The van der Waals surface area contributed by atoms with Crippen molar-refractivity contribution in [2.24, 2.45) is 0 Å². The van der Waals surface area contributed by atoms with E-state index in [0.717, 1.165) is 12.1 Å². The van der Waals surface area contributed by atoms with Gasteiger partial charge in [-0.2, -0.15) is 44.6 Å². The highest BCUT2D eigenvalue weighted by Gasteiger charge is 2.53. The predicted molar refractivity (Wildman–Crippen MR) is 63.1 cm³/mol. The fourth-order valence-electron chi connectivity index (χ4n) is 1.98. The molecule has 132 valence electrons. The van der Waals surface area contributed by atoms with Gasteiger partial charge in [0.2, 0.25) is 5.95 Å². The summed E-state index contributed by atoms with van der Waals surface area (Å²) in [4.78, 5) is 0. The van der Waals surface area contributed by atoms with E-state index in [-0.39, 0.29) is 10.4 Å². The number of hydrogen-bond donors (Lipinski definition) is 0. The third kappa shape index (κ3) is 3.65. The van der Waals surface area contributed by atoms with Crippen LogP contribution < -0.4 is 0 Å². The van der Waals surface area contributed by atoms with Crippen LogP contribution in [0.4, 0.5) is 39.5 Å². The van der Waals surface area contributed by atoms with Crippen molar-refractivity contribution in [1.29, 1.82) is 0 Å². The zero-order chi connectivity index (χ0) is 18.3. The van der Waals surface area contributed by atoms with Crippen molar-refractivity contribution in [3.05, 3.63) is 47.5 Å². The number of hydrogen-bond acceptors (Lipinski definition) is 1. The first-order valence-corrected chi connectivity index (χ1v) is 6.19. The summed E-state index contributed by atoms with van der Waals surface area (Å²) in [6.45, 7) is 0. The lowest BCUT2D eigenvalue weighted by molar-refractivity contribution is -0.195. The number of alkyl halides is 8. The summed E-state index contributed by atoms with van der Waals surface area (Å²) in [5.41, 5.74) is -5.19. The first kappa shape index (κ1) is 18.1. The van der Waals surface area contributed by atoms with Gasteiger partial charge in [0.1, 0.15) is 17.7 Å². The summed E-state index contributed by atoms with van der Waals surface area (Å²) >= 11 is 0. The van der Waals surface area contributed by atoms with Crippen LogP contribution >= 0.6 is 0 Å². The fourth-order valence-corrected chi connectivity index (χ4v) is 1.98. The minimum Gasteiger partial charge on any atom is -0.206 e. The zero-order valence-corrected chi connectivity index (χ0v) is 11.4. The highest BCUT2D eigenvalue weighted by Crippen LogP contribution is 2.45. The molecule has 0 unspecified atom stereocenters. The summed E-state index contributed by atoms with van der Waals surface area (Å²) in [6.07, 6.45) is -14.0. The molecule has 0 amide bonds. The Morgan fingerprint density at radius 3 is 1.88 bits per heavy atom. The molecule has 0 N–H and O–H groups in total. The van der Waals surface area contributed by atoms with Crippen LogP contribution in [0.5, 0.6) is 0 Å². The Labute approximate surface area is 128 Å². The van der Waals surface area contributed by atoms with Gasteiger partial charge in [0, 0.05) is 0 Å². The van der Waals surface area contributed by atoms with Crippen molar-refractivity contribution < 1.29 is 39.5 Å². The molecule has 0 aliphatic rings. The molecule has 0 aliphatic carbocycles. The monoisotopic (exact) mass is 362 g/mol. The lowest BCUT2D eigenvalue weighted by Crippen LogP contribution is -2.27. The number of para-hydroxylation sites is 1. The molecule has 0 atom stereocenters. The van der Waals surface area contributed by atoms with Crippen molar-refractivity contribution >= 4 is 0 Å². The summed E-state index contributed by atoms with van der Waals surface area (Å²) in [7, 11) is 0. The van der Waals surface area contributed by atoms with Crippen molar-refractivity contribution in [3.63, 3.8) is 0 Å². The Kier molecular flexibility index (Phi) is 4.31. The van der Waals surface area contributed by atoms with Crippen molar-refractivity contribution in [1.82, 2.24) is 9.78 Å². The van der Waals surface area contributed by atoms with Crippen LogP contribution in [0.15, 0.2) is 30.3 Å². The molecule has 2 aromatic rings. The van der Waals surface area contributed by atoms with Crippen LogP contribution in [0, 0.1) is 5.95 Å². The highest BCUT2D eigenvalue weighted by atomic mass is 19.4. The first-order valence-electron chi connectivity index (χ1n) is 6.19. The molecule has 0 aliphatic heterocycles. The molecule has 0 fully saturated rings. The Morgan fingerprint density at radius 1 is 0.875 bits per heavy atom. The van der Waals surface area contributed by atoms with Crippen LogP contribution in [0.25, 0.3) is 5.69 Å². The van der Waals surface area contributed by atoms with Gasteiger partial charge in [-0.1, -0.05) is 18.2 Å². The van der Waals surface area contributed by atoms with Gasteiger partial charge in [0.25, 0.3) is 0 Å². The van der Waals surface area contributed by atoms with Gasteiger partial charge in [-0.3, -0.25) is 0 Å². The van der Waals surface area contributed by atoms with Crippen molar-refractivity contribution in [2.45, 2.75) is 24.7 Å². The smallest absolute Gasteiger partial charge is 0.206 e. The SMILES string of the molecule is Fc1c(C(F)(F)F)c(C(F)(F)CC(F)(F)F)nn1-c1ccccc1. The second kappa shape index (κ2) is 5.71. The number of halogens is 9. The normalized spacial score (nSPS) is 13.4. The topological polar surface area (TPSA) is 17.8 Å². The van der Waals surface area contributed by atoms with Crippen LogP contribution in [-0.4, -0.2) is 16.0 Å². The van der Waals surface area contributed by atoms with E-state index in [4.69, 9.17) is 0 Å². The molecule has 2 nitrogen and oxygen atoms in total. The van der Waals surface area contributed by atoms with Gasteiger partial charge in [-0.15, -0.1) is 0 Å². The highest BCUT2D eigenvalue weighted by molar-refractivity contribution is 5.36. The fraction of sp³-hybridized carbons (Fsp3) is 0.308. The van der Waals surface area contributed by atoms with Crippen molar-refractivity contribution in [3.8, 4) is 5.69 Å². The molecule has 0 saturated heterocycles. The van der Waals surface area contributed by atoms with E-state index >= 15 is 0 Å². The van der Waals surface area contributed by atoms with E-state index < -0.39 is 41.9 Å². The van der Waals surface area contributed by atoms with Crippen LogP contribution in [-0.2, 0) is 12.1 Å². The number of aromatic nitrogens is 2. The van der Waals surface area contributed by atoms with E-state index in [1.807, 2.05) is 0 Å². The third-order valence-corrected chi connectivity index (χ3v) is 2.88. The molecule has 24 heavy (non-hydrogen) atoms. The van der Waals surface area contributed by atoms with Gasteiger partial charge in [-0.05, 0) is 12.1 Å².